The highest BCUT2D eigenvalue weighted by Crippen LogP contribution is 2.25. The third kappa shape index (κ3) is 3.24. The van der Waals surface area contributed by atoms with E-state index in [1.807, 2.05) is 18.2 Å². The molecule has 0 radical (unpaired) electrons. The second kappa shape index (κ2) is 6.26. The average molecular weight is 290 g/mol. The van der Waals surface area contributed by atoms with Gasteiger partial charge in [-0.05, 0) is 25.3 Å². The van der Waals surface area contributed by atoms with Crippen molar-refractivity contribution in [3.05, 3.63) is 35.9 Å². The maximum Gasteiger partial charge on any atom is 0.326 e. The normalized spacial score (nSPS) is 22.2. The first-order valence-electron chi connectivity index (χ1n) is 7.33. The van der Waals surface area contributed by atoms with E-state index in [-0.39, 0.29) is 5.91 Å². The SMILES string of the molecule is CC(N)(C(=O)N1CCCCCC1C(=O)O)c1ccccc1. The maximum absolute atomic E-state index is 12.8. The van der Waals surface area contributed by atoms with Crippen LogP contribution in [0.5, 0.6) is 0 Å². The highest BCUT2D eigenvalue weighted by molar-refractivity contribution is 5.90. The highest BCUT2D eigenvalue weighted by atomic mass is 16.4. The van der Waals surface area contributed by atoms with Crippen molar-refractivity contribution in [3.8, 4) is 0 Å². The molecule has 1 heterocycles. The third-order valence-corrected chi connectivity index (χ3v) is 4.12. The smallest absolute Gasteiger partial charge is 0.326 e. The van der Waals surface area contributed by atoms with Crippen LogP contribution in [0.3, 0.4) is 0 Å². The molecule has 0 spiro atoms. The van der Waals surface area contributed by atoms with Gasteiger partial charge < -0.3 is 15.7 Å². The van der Waals surface area contributed by atoms with Crippen molar-refractivity contribution in [2.75, 3.05) is 6.54 Å². The van der Waals surface area contributed by atoms with Crippen LogP contribution in [0.2, 0.25) is 0 Å². The van der Waals surface area contributed by atoms with E-state index in [0.29, 0.717) is 18.5 Å². The fourth-order valence-corrected chi connectivity index (χ4v) is 2.81. The van der Waals surface area contributed by atoms with E-state index < -0.39 is 17.6 Å². The van der Waals surface area contributed by atoms with Gasteiger partial charge >= 0.3 is 5.97 Å². The molecule has 1 aromatic rings. The number of nitrogens with two attached hydrogens (primary N) is 1. The zero-order valence-corrected chi connectivity index (χ0v) is 12.3. The maximum atomic E-state index is 12.8. The minimum Gasteiger partial charge on any atom is -0.480 e. The largest absolute Gasteiger partial charge is 0.480 e. The van der Waals surface area contributed by atoms with Crippen LogP contribution in [0.4, 0.5) is 0 Å². The fourth-order valence-electron chi connectivity index (χ4n) is 2.81. The molecule has 0 aliphatic carbocycles. The number of hydrogen-bond donors (Lipinski definition) is 2. The summed E-state index contributed by atoms with van der Waals surface area (Å²) >= 11 is 0. The summed E-state index contributed by atoms with van der Waals surface area (Å²) in [6.45, 7) is 2.10. The molecule has 5 nitrogen and oxygen atoms in total. The van der Waals surface area contributed by atoms with Gasteiger partial charge in [-0.15, -0.1) is 0 Å². The molecular formula is C16H22N2O3. The molecule has 1 aromatic carbocycles. The van der Waals surface area contributed by atoms with E-state index in [9.17, 15) is 14.7 Å². The molecule has 114 valence electrons. The third-order valence-electron chi connectivity index (χ3n) is 4.12. The lowest BCUT2D eigenvalue weighted by Gasteiger charge is -2.34. The van der Waals surface area contributed by atoms with Crippen LogP contribution in [0.1, 0.15) is 38.2 Å². The molecular weight excluding hydrogens is 268 g/mol. The summed E-state index contributed by atoms with van der Waals surface area (Å²) in [5.74, 6) is -1.27. The summed E-state index contributed by atoms with van der Waals surface area (Å²) in [4.78, 5) is 25.7. The van der Waals surface area contributed by atoms with Gasteiger partial charge in [-0.2, -0.15) is 0 Å². The predicted octanol–water partition coefficient (Wildman–Crippen LogP) is 1.72. The van der Waals surface area contributed by atoms with Crippen LogP contribution in [-0.2, 0) is 15.1 Å². The first-order chi connectivity index (χ1) is 9.94. The van der Waals surface area contributed by atoms with Crippen molar-refractivity contribution in [1.82, 2.24) is 4.90 Å². The number of carbonyl (C=O) groups excluding carboxylic acids is 1. The molecule has 3 N–H and O–H groups in total. The van der Waals surface area contributed by atoms with Crippen LogP contribution in [0.25, 0.3) is 0 Å². The molecule has 2 rings (SSSR count). The van der Waals surface area contributed by atoms with Gasteiger partial charge in [0.15, 0.2) is 0 Å². The monoisotopic (exact) mass is 290 g/mol. The van der Waals surface area contributed by atoms with Gasteiger partial charge in [0.2, 0.25) is 5.91 Å². The fraction of sp³-hybridized carbons (Fsp3) is 0.500. The van der Waals surface area contributed by atoms with E-state index in [0.717, 1.165) is 19.3 Å². The molecule has 1 fully saturated rings. The number of rotatable bonds is 3. The van der Waals surface area contributed by atoms with Gasteiger partial charge in [0.25, 0.3) is 0 Å². The van der Waals surface area contributed by atoms with Crippen molar-refractivity contribution < 1.29 is 14.7 Å². The second-order valence-corrected chi connectivity index (χ2v) is 5.77. The Kier molecular flexibility index (Phi) is 4.63. The summed E-state index contributed by atoms with van der Waals surface area (Å²) in [5.41, 5.74) is 5.73. The van der Waals surface area contributed by atoms with Crippen molar-refractivity contribution in [1.29, 1.82) is 0 Å². The van der Waals surface area contributed by atoms with Crippen LogP contribution in [0, 0.1) is 0 Å². The standard InChI is InChI=1S/C16H22N2O3/c1-16(17,12-8-4-2-5-9-12)15(21)18-11-7-3-6-10-13(18)14(19)20/h2,4-5,8-9,13H,3,6-7,10-11,17H2,1H3,(H,19,20). The number of amides is 1. The van der Waals surface area contributed by atoms with E-state index in [1.54, 1.807) is 19.1 Å². The molecule has 1 aliphatic heterocycles. The number of benzene rings is 1. The molecule has 0 bridgehead atoms. The summed E-state index contributed by atoms with van der Waals surface area (Å²) in [7, 11) is 0. The summed E-state index contributed by atoms with van der Waals surface area (Å²) in [6.07, 6.45) is 3.08. The number of carbonyl (C=O) groups is 2. The zero-order chi connectivity index (χ0) is 15.5. The number of carboxylic acids is 1. The van der Waals surface area contributed by atoms with Gasteiger partial charge in [0.05, 0.1) is 0 Å². The van der Waals surface area contributed by atoms with Crippen LogP contribution in [-0.4, -0.2) is 34.5 Å². The molecule has 2 unspecified atom stereocenters. The minimum absolute atomic E-state index is 0.317. The van der Waals surface area contributed by atoms with Gasteiger partial charge in [0.1, 0.15) is 11.6 Å². The topological polar surface area (TPSA) is 83.6 Å². The van der Waals surface area contributed by atoms with Gasteiger partial charge in [-0.3, -0.25) is 4.79 Å². The molecule has 21 heavy (non-hydrogen) atoms. The Morgan fingerprint density at radius 2 is 1.90 bits per heavy atom. The average Bonchev–Trinajstić information content (AvgIpc) is 2.73. The molecule has 1 saturated heterocycles. The molecule has 1 amide bonds. The molecule has 0 saturated carbocycles. The van der Waals surface area contributed by atoms with Crippen molar-refractivity contribution in [2.45, 2.75) is 44.2 Å². The van der Waals surface area contributed by atoms with Crippen molar-refractivity contribution >= 4 is 11.9 Å². The van der Waals surface area contributed by atoms with Gasteiger partial charge in [-0.1, -0.05) is 43.2 Å². The van der Waals surface area contributed by atoms with E-state index in [1.165, 1.54) is 4.90 Å². The minimum atomic E-state index is -1.21. The Morgan fingerprint density at radius 1 is 1.24 bits per heavy atom. The first-order valence-corrected chi connectivity index (χ1v) is 7.33. The summed E-state index contributed by atoms with van der Waals surface area (Å²) in [6, 6.07) is 8.33. The Hall–Kier alpha value is -1.88. The van der Waals surface area contributed by atoms with E-state index >= 15 is 0 Å². The van der Waals surface area contributed by atoms with Crippen LogP contribution in [0.15, 0.2) is 30.3 Å². The molecule has 2 atom stereocenters. The van der Waals surface area contributed by atoms with Crippen LogP contribution >= 0.6 is 0 Å². The van der Waals surface area contributed by atoms with E-state index in [2.05, 4.69) is 0 Å². The summed E-state index contributed by atoms with van der Waals surface area (Å²) in [5, 5.41) is 9.38. The van der Waals surface area contributed by atoms with E-state index in [4.69, 9.17) is 5.73 Å². The molecule has 0 aromatic heterocycles. The first kappa shape index (κ1) is 15.5. The Labute approximate surface area is 124 Å². The molecule has 5 heteroatoms. The Balaban J connectivity index is 2.29. The number of aliphatic carboxylic acids is 1. The highest BCUT2D eigenvalue weighted by Gasteiger charge is 2.39. The Morgan fingerprint density at radius 3 is 2.52 bits per heavy atom. The van der Waals surface area contributed by atoms with Crippen LogP contribution < -0.4 is 5.73 Å². The number of nitrogens with zero attached hydrogens (tertiary/aromatic N) is 1. The number of carboxylic acid groups (broad SMARTS) is 1. The Bertz CT molecular complexity index is 514. The number of likely N-dealkylation sites (tertiary alicyclic amines) is 1. The predicted molar refractivity (Wildman–Crippen MR) is 79.6 cm³/mol. The van der Waals surface area contributed by atoms with Crippen molar-refractivity contribution in [3.63, 3.8) is 0 Å². The quantitative estimate of drug-likeness (QED) is 0.887. The molecule has 1 aliphatic rings. The lowest BCUT2D eigenvalue weighted by atomic mass is 9.91. The lowest BCUT2D eigenvalue weighted by Crippen LogP contribution is -2.55. The summed E-state index contributed by atoms with van der Waals surface area (Å²) < 4.78 is 0. The van der Waals surface area contributed by atoms with Crippen molar-refractivity contribution in [2.24, 2.45) is 5.73 Å². The second-order valence-electron chi connectivity index (χ2n) is 5.77. The van der Waals surface area contributed by atoms with Gasteiger partial charge in [-0.25, -0.2) is 4.79 Å². The van der Waals surface area contributed by atoms with Gasteiger partial charge in [0, 0.05) is 6.54 Å². The lowest BCUT2D eigenvalue weighted by molar-refractivity contribution is -0.152. The zero-order valence-electron chi connectivity index (χ0n) is 12.3. The number of hydrogen-bond acceptors (Lipinski definition) is 3.